The molecule has 0 bridgehead atoms. The van der Waals surface area contributed by atoms with Gasteiger partial charge in [-0.05, 0) is 30.5 Å². The molecule has 2 aliphatic rings. The number of β-amino-alcohol motifs (C(OH)–C–C–N with tert-alkyl or cyclic N) is 1. The van der Waals surface area contributed by atoms with Crippen LogP contribution in [0.1, 0.15) is 19.4 Å². The van der Waals surface area contributed by atoms with Crippen LogP contribution < -0.4 is 10.1 Å². The van der Waals surface area contributed by atoms with E-state index in [0.29, 0.717) is 30.0 Å². The van der Waals surface area contributed by atoms with E-state index in [9.17, 15) is 14.7 Å². The summed E-state index contributed by atoms with van der Waals surface area (Å²) in [7, 11) is 3.05. The van der Waals surface area contributed by atoms with Gasteiger partial charge in [0.2, 0.25) is 11.9 Å². The van der Waals surface area contributed by atoms with E-state index in [1.165, 1.54) is 11.9 Å². The number of fused-ring (bicyclic) bond motifs is 1. The normalized spacial score (nSPS) is 20.0. The third-order valence-corrected chi connectivity index (χ3v) is 5.04. The van der Waals surface area contributed by atoms with Crippen LogP contribution in [0.2, 0.25) is 0 Å². The van der Waals surface area contributed by atoms with Gasteiger partial charge in [-0.3, -0.25) is 19.9 Å². The summed E-state index contributed by atoms with van der Waals surface area (Å²) in [5.41, 5.74) is 1.07. The molecule has 0 aliphatic carbocycles. The van der Waals surface area contributed by atoms with Crippen LogP contribution >= 0.6 is 0 Å². The number of imide groups is 1. The van der Waals surface area contributed by atoms with Crippen molar-refractivity contribution in [2.45, 2.75) is 32.9 Å². The number of aryl methyl sites for hydroxylation is 1. The van der Waals surface area contributed by atoms with Crippen molar-refractivity contribution < 1.29 is 24.0 Å². The number of carbonyl (C=O) groups is 2. The number of nitrogens with zero attached hydrogens (tertiary/aromatic N) is 4. The molecule has 0 radical (unpaired) electrons. The maximum absolute atomic E-state index is 12.9. The molecule has 0 aromatic heterocycles. The quantitative estimate of drug-likeness (QED) is 0.637. The number of aliphatic imine (C=N–C) groups is 1. The fraction of sp³-hybridized carbons (Fsp3) is 0.524. The van der Waals surface area contributed by atoms with E-state index in [4.69, 9.17) is 4.74 Å². The highest BCUT2D eigenvalue weighted by molar-refractivity contribution is 6.22. The van der Waals surface area contributed by atoms with Crippen molar-refractivity contribution in [1.82, 2.24) is 15.1 Å². The summed E-state index contributed by atoms with van der Waals surface area (Å²) < 4.78 is 7.42. The van der Waals surface area contributed by atoms with Crippen molar-refractivity contribution in [3.8, 4) is 5.75 Å². The van der Waals surface area contributed by atoms with Crippen LogP contribution in [0.15, 0.2) is 29.3 Å². The summed E-state index contributed by atoms with van der Waals surface area (Å²) in [6.45, 7) is 6.94. The van der Waals surface area contributed by atoms with Gasteiger partial charge in [-0.25, -0.2) is 9.37 Å². The van der Waals surface area contributed by atoms with Crippen molar-refractivity contribution in [3.05, 3.63) is 29.8 Å². The third-order valence-electron chi connectivity index (χ3n) is 5.04. The maximum atomic E-state index is 12.9. The van der Waals surface area contributed by atoms with Gasteiger partial charge in [-0.2, -0.15) is 0 Å². The predicted octanol–water partition coefficient (Wildman–Crippen LogP) is 0.653. The minimum Gasteiger partial charge on any atom is -0.491 e. The highest BCUT2D eigenvalue weighted by Crippen LogP contribution is 2.19. The molecule has 3 rings (SSSR count). The number of aliphatic hydroxyl groups excluding tert-OH is 1. The van der Waals surface area contributed by atoms with Gasteiger partial charge < -0.3 is 9.84 Å². The van der Waals surface area contributed by atoms with E-state index in [2.05, 4.69) is 24.2 Å². The number of nitrogens with one attached hydrogen (secondary N) is 1. The van der Waals surface area contributed by atoms with E-state index < -0.39 is 18.2 Å². The average Bonchev–Trinajstić information content (AvgIpc) is 3.06. The molecule has 9 nitrogen and oxygen atoms in total. The maximum Gasteiger partial charge on any atom is 0.390 e. The van der Waals surface area contributed by atoms with Crippen LogP contribution in [0.25, 0.3) is 0 Å². The number of hydrogen-bond donors (Lipinski definition) is 2. The van der Waals surface area contributed by atoms with Crippen LogP contribution in [-0.2, 0) is 4.79 Å². The summed E-state index contributed by atoms with van der Waals surface area (Å²) in [5.74, 6) is 1.50. The Morgan fingerprint density at radius 2 is 2.00 bits per heavy atom. The second-order valence-electron chi connectivity index (χ2n) is 8.14. The molecule has 30 heavy (non-hydrogen) atoms. The van der Waals surface area contributed by atoms with Crippen LogP contribution in [0, 0.1) is 12.8 Å². The molecule has 0 spiro atoms. The molecule has 3 amide bonds. The van der Waals surface area contributed by atoms with Gasteiger partial charge in [0.1, 0.15) is 18.5 Å². The van der Waals surface area contributed by atoms with Gasteiger partial charge >= 0.3 is 12.0 Å². The van der Waals surface area contributed by atoms with E-state index in [1.807, 2.05) is 31.2 Å². The van der Waals surface area contributed by atoms with Gasteiger partial charge in [0, 0.05) is 14.1 Å². The summed E-state index contributed by atoms with van der Waals surface area (Å²) in [4.78, 5) is 32.1. The van der Waals surface area contributed by atoms with Crippen molar-refractivity contribution in [2.24, 2.45) is 10.9 Å². The second-order valence-corrected chi connectivity index (χ2v) is 8.14. The number of likely N-dealkylation sites (N-methyl/N-ethyl adjacent to an activating group) is 2. The molecule has 2 aliphatic heterocycles. The minimum absolute atomic E-state index is 0.0677. The number of amides is 3. The zero-order valence-corrected chi connectivity index (χ0v) is 18.1. The number of benzene rings is 1. The SMILES string of the molecule is Cc1cccc(OCC(O)C[N+]2=C(NCC(C)C)N=C3C2C(=O)N(C)C(=O)N3C)c1. The van der Waals surface area contributed by atoms with Crippen LogP contribution in [0.4, 0.5) is 4.79 Å². The lowest BCUT2D eigenvalue weighted by atomic mass is 10.1. The molecule has 2 N–H and O–H groups in total. The first-order valence-electron chi connectivity index (χ1n) is 10.1. The molecule has 0 saturated carbocycles. The van der Waals surface area contributed by atoms with E-state index >= 15 is 0 Å². The number of ether oxygens (including phenoxy) is 1. The third kappa shape index (κ3) is 4.46. The molecule has 1 aromatic rings. The smallest absolute Gasteiger partial charge is 0.390 e. The van der Waals surface area contributed by atoms with Gasteiger partial charge in [0.05, 0.1) is 13.1 Å². The predicted molar refractivity (Wildman–Crippen MR) is 113 cm³/mol. The zero-order valence-electron chi connectivity index (χ0n) is 18.1. The number of rotatable bonds is 7. The Balaban J connectivity index is 1.78. The number of carbonyl (C=O) groups excluding carboxylic acids is 2. The number of aliphatic hydroxyl groups is 1. The first kappa shape index (κ1) is 21.8. The molecule has 2 heterocycles. The van der Waals surface area contributed by atoms with Crippen molar-refractivity contribution >= 4 is 23.7 Å². The fourth-order valence-corrected chi connectivity index (χ4v) is 3.40. The Hall–Kier alpha value is -2.94. The van der Waals surface area contributed by atoms with Crippen molar-refractivity contribution in [1.29, 1.82) is 0 Å². The van der Waals surface area contributed by atoms with Crippen LogP contribution in [0.5, 0.6) is 5.75 Å². The first-order chi connectivity index (χ1) is 14.2. The Bertz CT molecular complexity index is 895. The summed E-state index contributed by atoms with van der Waals surface area (Å²) in [6, 6.07) is 6.40. The molecule has 2 unspecified atom stereocenters. The number of hydrogen-bond acceptors (Lipinski definition) is 6. The Morgan fingerprint density at radius 3 is 2.67 bits per heavy atom. The largest absolute Gasteiger partial charge is 0.491 e. The zero-order chi connectivity index (χ0) is 22.0. The van der Waals surface area contributed by atoms with E-state index in [0.717, 1.165) is 10.5 Å². The minimum atomic E-state index is -0.864. The standard InChI is InChI=1S/C21H29N5O4/c1-13(2)10-22-20-23-18-17(19(28)25(5)21(29)24(18)4)26(20)11-15(27)12-30-16-8-6-7-14(3)9-16/h6-9,13,15,17,27H,10-12H2,1-5H3/p+1. The molecule has 2 atom stereocenters. The van der Waals surface area contributed by atoms with E-state index in [1.54, 1.807) is 11.6 Å². The van der Waals surface area contributed by atoms with Gasteiger partial charge in [-0.1, -0.05) is 31.0 Å². The molecular formula is C21H30N5O4+. The second kappa shape index (κ2) is 8.83. The van der Waals surface area contributed by atoms with Crippen molar-refractivity contribution in [3.63, 3.8) is 0 Å². The first-order valence-corrected chi connectivity index (χ1v) is 10.1. The lowest BCUT2D eigenvalue weighted by molar-refractivity contribution is -0.545. The van der Waals surface area contributed by atoms with Crippen LogP contribution in [0.3, 0.4) is 0 Å². The fourth-order valence-electron chi connectivity index (χ4n) is 3.40. The lowest BCUT2D eigenvalue weighted by Crippen LogP contribution is -2.62. The Kier molecular flexibility index (Phi) is 6.40. The summed E-state index contributed by atoms with van der Waals surface area (Å²) >= 11 is 0. The van der Waals surface area contributed by atoms with Gasteiger partial charge in [0.25, 0.3) is 5.91 Å². The average molecular weight is 417 g/mol. The molecule has 162 valence electrons. The molecule has 1 saturated heterocycles. The molecule has 1 aromatic carbocycles. The monoisotopic (exact) mass is 416 g/mol. The topological polar surface area (TPSA) is 97.5 Å². The highest BCUT2D eigenvalue weighted by Gasteiger charge is 2.51. The van der Waals surface area contributed by atoms with Gasteiger partial charge in [-0.15, -0.1) is 0 Å². The Morgan fingerprint density at radius 1 is 1.27 bits per heavy atom. The summed E-state index contributed by atoms with van der Waals surface area (Å²) in [5, 5.41) is 13.9. The molecular weight excluding hydrogens is 386 g/mol. The molecule has 9 heteroatoms. The highest BCUT2D eigenvalue weighted by atomic mass is 16.5. The Labute approximate surface area is 176 Å². The van der Waals surface area contributed by atoms with Crippen LogP contribution in [-0.4, -0.2) is 89.2 Å². The van der Waals surface area contributed by atoms with Crippen molar-refractivity contribution in [2.75, 3.05) is 33.8 Å². The number of guanidine groups is 1. The van der Waals surface area contributed by atoms with E-state index in [-0.39, 0.29) is 19.1 Å². The number of urea groups is 1. The van der Waals surface area contributed by atoms with Gasteiger partial charge in [0.15, 0.2) is 0 Å². The lowest BCUT2D eigenvalue weighted by Gasteiger charge is -2.32. The summed E-state index contributed by atoms with van der Waals surface area (Å²) in [6.07, 6.45) is -0.864. The number of amidine groups is 1. The molecule has 1 fully saturated rings.